The standard InChI is InChI=1S/C16H12ClF2NO4/c1-23-16(22)9-2-4-11(17)14(6-9)20-15(21)8-24-10-3-5-12(18)13(19)7-10/h2-7H,8H2,1H3,(H,20,21). The fourth-order valence-electron chi connectivity index (χ4n) is 1.77. The first-order chi connectivity index (χ1) is 11.4. The van der Waals surface area contributed by atoms with E-state index in [0.29, 0.717) is 0 Å². The highest BCUT2D eigenvalue weighted by molar-refractivity contribution is 6.33. The van der Waals surface area contributed by atoms with Crippen molar-refractivity contribution in [3.8, 4) is 5.75 Å². The van der Waals surface area contributed by atoms with Crippen LogP contribution in [0, 0.1) is 11.6 Å². The predicted octanol–water partition coefficient (Wildman–Crippen LogP) is 3.42. The maximum atomic E-state index is 13.0. The van der Waals surface area contributed by atoms with Gasteiger partial charge in [0.1, 0.15) is 5.75 Å². The van der Waals surface area contributed by atoms with E-state index in [2.05, 4.69) is 10.1 Å². The van der Waals surface area contributed by atoms with Gasteiger partial charge in [-0.25, -0.2) is 13.6 Å². The Labute approximate surface area is 141 Å². The number of ether oxygens (including phenoxy) is 2. The van der Waals surface area contributed by atoms with Crippen molar-refractivity contribution in [2.75, 3.05) is 19.0 Å². The van der Waals surface area contributed by atoms with Crippen LogP contribution in [0.4, 0.5) is 14.5 Å². The van der Waals surface area contributed by atoms with E-state index in [4.69, 9.17) is 16.3 Å². The van der Waals surface area contributed by atoms with Crippen molar-refractivity contribution < 1.29 is 27.8 Å². The van der Waals surface area contributed by atoms with E-state index in [1.165, 1.54) is 31.4 Å². The summed E-state index contributed by atoms with van der Waals surface area (Å²) in [6.45, 7) is -0.455. The van der Waals surface area contributed by atoms with Crippen LogP contribution in [-0.2, 0) is 9.53 Å². The van der Waals surface area contributed by atoms with Crippen LogP contribution in [0.25, 0.3) is 0 Å². The molecule has 1 amide bonds. The molecule has 0 bridgehead atoms. The monoisotopic (exact) mass is 355 g/mol. The zero-order chi connectivity index (χ0) is 17.7. The van der Waals surface area contributed by atoms with E-state index in [1.807, 2.05) is 0 Å². The fraction of sp³-hybridized carbons (Fsp3) is 0.125. The quantitative estimate of drug-likeness (QED) is 0.835. The summed E-state index contributed by atoms with van der Waals surface area (Å²) in [5, 5.41) is 2.67. The van der Waals surface area contributed by atoms with Crippen molar-refractivity contribution in [3.63, 3.8) is 0 Å². The molecule has 24 heavy (non-hydrogen) atoms. The van der Waals surface area contributed by atoms with E-state index < -0.39 is 30.1 Å². The zero-order valence-electron chi connectivity index (χ0n) is 12.4. The highest BCUT2D eigenvalue weighted by Crippen LogP contribution is 2.23. The van der Waals surface area contributed by atoms with Crippen LogP contribution in [0.1, 0.15) is 10.4 Å². The van der Waals surface area contributed by atoms with E-state index >= 15 is 0 Å². The first-order valence-electron chi connectivity index (χ1n) is 6.66. The van der Waals surface area contributed by atoms with Crippen LogP contribution in [0.3, 0.4) is 0 Å². The lowest BCUT2D eigenvalue weighted by Gasteiger charge is -2.10. The molecule has 5 nitrogen and oxygen atoms in total. The van der Waals surface area contributed by atoms with Gasteiger partial charge in [-0.2, -0.15) is 0 Å². The van der Waals surface area contributed by atoms with Crippen molar-refractivity contribution in [2.24, 2.45) is 0 Å². The Kier molecular flexibility index (Phi) is 5.70. The lowest BCUT2D eigenvalue weighted by atomic mass is 10.2. The highest BCUT2D eigenvalue weighted by atomic mass is 35.5. The molecule has 0 heterocycles. The first-order valence-corrected chi connectivity index (χ1v) is 7.04. The van der Waals surface area contributed by atoms with Crippen LogP contribution in [0.2, 0.25) is 5.02 Å². The highest BCUT2D eigenvalue weighted by Gasteiger charge is 2.12. The van der Waals surface area contributed by atoms with Gasteiger partial charge in [0.25, 0.3) is 5.91 Å². The molecule has 2 aromatic carbocycles. The molecule has 0 atom stereocenters. The third-order valence-electron chi connectivity index (χ3n) is 2.92. The van der Waals surface area contributed by atoms with Gasteiger partial charge in [-0.1, -0.05) is 11.6 Å². The Morgan fingerprint density at radius 1 is 1.12 bits per heavy atom. The van der Waals surface area contributed by atoms with Crippen molar-refractivity contribution >= 4 is 29.2 Å². The van der Waals surface area contributed by atoms with Gasteiger partial charge in [0.15, 0.2) is 18.2 Å². The number of hydrogen-bond acceptors (Lipinski definition) is 4. The Hall–Kier alpha value is -2.67. The number of methoxy groups -OCH3 is 1. The number of amides is 1. The number of carbonyl (C=O) groups excluding carboxylic acids is 2. The summed E-state index contributed by atoms with van der Waals surface area (Å²) in [6, 6.07) is 7.13. The maximum Gasteiger partial charge on any atom is 0.337 e. The molecule has 0 aliphatic carbocycles. The number of hydrogen-bond donors (Lipinski definition) is 1. The van der Waals surface area contributed by atoms with Crippen molar-refractivity contribution in [1.29, 1.82) is 0 Å². The number of nitrogens with one attached hydrogen (secondary N) is 1. The molecule has 0 fully saturated rings. The minimum atomic E-state index is -1.08. The maximum absolute atomic E-state index is 13.0. The summed E-state index contributed by atoms with van der Waals surface area (Å²) in [4.78, 5) is 23.3. The Bertz CT molecular complexity index is 783. The zero-order valence-corrected chi connectivity index (χ0v) is 13.2. The van der Waals surface area contributed by atoms with Crippen molar-refractivity contribution in [3.05, 3.63) is 58.6 Å². The Morgan fingerprint density at radius 2 is 1.88 bits per heavy atom. The molecule has 0 spiro atoms. The largest absolute Gasteiger partial charge is 0.484 e. The number of benzene rings is 2. The summed E-state index contributed by atoms with van der Waals surface area (Å²) < 4.78 is 35.5. The molecule has 2 rings (SSSR count). The average molecular weight is 356 g/mol. The molecule has 126 valence electrons. The van der Waals surface area contributed by atoms with Gasteiger partial charge in [-0.15, -0.1) is 0 Å². The van der Waals surface area contributed by atoms with E-state index in [-0.39, 0.29) is 22.0 Å². The Balaban J connectivity index is 2.01. The molecule has 0 radical (unpaired) electrons. The first kappa shape index (κ1) is 17.7. The van der Waals surface area contributed by atoms with Gasteiger partial charge in [0.2, 0.25) is 0 Å². The van der Waals surface area contributed by atoms with E-state index in [0.717, 1.165) is 12.1 Å². The number of esters is 1. The van der Waals surface area contributed by atoms with Gasteiger partial charge in [-0.3, -0.25) is 4.79 Å². The van der Waals surface area contributed by atoms with Crippen LogP contribution in [-0.4, -0.2) is 25.6 Å². The summed E-state index contributed by atoms with van der Waals surface area (Å²) >= 11 is 5.94. The van der Waals surface area contributed by atoms with Crippen LogP contribution >= 0.6 is 11.6 Å². The van der Waals surface area contributed by atoms with Gasteiger partial charge in [0.05, 0.1) is 23.4 Å². The Morgan fingerprint density at radius 3 is 2.54 bits per heavy atom. The second kappa shape index (κ2) is 7.74. The molecule has 0 aromatic heterocycles. The van der Waals surface area contributed by atoms with Crippen LogP contribution < -0.4 is 10.1 Å². The molecule has 1 N–H and O–H groups in total. The molecule has 0 aliphatic rings. The molecule has 0 unspecified atom stereocenters. The number of rotatable bonds is 5. The predicted molar refractivity (Wildman–Crippen MR) is 83.3 cm³/mol. The molecule has 0 saturated heterocycles. The van der Waals surface area contributed by atoms with E-state index in [1.54, 1.807) is 0 Å². The normalized spacial score (nSPS) is 10.2. The van der Waals surface area contributed by atoms with Gasteiger partial charge < -0.3 is 14.8 Å². The lowest BCUT2D eigenvalue weighted by Crippen LogP contribution is -2.20. The number of halogens is 3. The minimum absolute atomic E-state index is 0.00143. The third-order valence-corrected chi connectivity index (χ3v) is 3.25. The second-order valence-electron chi connectivity index (χ2n) is 4.60. The minimum Gasteiger partial charge on any atom is -0.484 e. The third kappa shape index (κ3) is 4.42. The summed E-state index contributed by atoms with van der Waals surface area (Å²) in [5.41, 5.74) is 0.400. The van der Waals surface area contributed by atoms with Gasteiger partial charge in [-0.05, 0) is 30.3 Å². The lowest BCUT2D eigenvalue weighted by molar-refractivity contribution is -0.118. The SMILES string of the molecule is COC(=O)c1ccc(Cl)c(NC(=O)COc2ccc(F)c(F)c2)c1. The molecule has 0 saturated carbocycles. The number of anilines is 1. The molecular weight excluding hydrogens is 344 g/mol. The topological polar surface area (TPSA) is 64.6 Å². The average Bonchev–Trinajstić information content (AvgIpc) is 2.57. The smallest absolute Gasteiger partial charge is 0.337 e. The fourth-order valence-corrected chi connectivity index (χ4v) is 1.93. The van der Waals surface area contributed by atoms with Crippen molar-refractivity contribution in [2.45, 2.75) is 0 Å². The molecular formula is C16H12ClF2NO4. The van der Waals surface area contributed by atoms with Crippen LogP contribution in [0.15, 0.2) is 36.4 Å². The summed E-state index contributed by atoms with van der Waals surface area (Å²) in [6.07, 6.45) is 0. The molecule has 8 heteroatoms. The van der Waals surface area contributed by atoms with Crippen molar-refractivity contribution in [1.82, 2.24) is 0 Å². The summed E-state index contributed by atoms with van der Waals surface area (Å²) in [5.74, 6) is -3.28. The second-order valence-corrected chi connectivity index (χ2v) is 5.01. The van der Waals surface area contributed by atoms with Crippen LogP contribution in [0.5, 0.6) is 5.75 Å². The molecule has 2 aromatic rings. The van der Waals surface area contributed by atoms with Gasteiger partial charge in [0, 0.05) is 6.07 Å². The molecule has 0 aliphatic heterocycles. The van der Waals surface area contributed by atoms with E-state index in [9.17, 15) is 18.4 Å². The van der Waals surface area contributed by atoms with Gasteiger partial charge >= 0.3 is 5.97 Å². The summed E-state index contributed by atoms with van der Waals surface area (Å²) in [7, 11) is 1.23. The number of carbonyl (C=O) groups is 2.